The van der Waals surface area contributed by atoms with Crippen LogP contribution in [0.4, 0.5) is 13.2 Å². The van der Waals surface area contributed by atoms with E-state index in [2.05, 4.69) is 5.32 Å². The fourth-order valence-electron chi connectivity index (χ4n) is 4.40. The van der Waals surface area contributed by atoms with Gasteiger partial charge in [-0.15, -0.1) is 0 Å². The van der Waals surface area contributed by atoms with Crippen molar-refractivity contribution in [3.05, 3.63) is 58.7 Å². The molecule has 8 nitrogen and oxygen atoms in total. The molecule has 34 heavy (non-hydrogen) atoms. The predicted octanol–water partition coefficient (Wildman–Crippen LogP) is 0.534. The second-order valence-corrected chi connectivity index (χ2v) is 8.42. The van der Waals surface area contributed by atoms with Gasteiger partial charge in [-0.25, -0.2) is 0 Å². The summed E-state index contributed by atoms with van der Waals surface area (Å²) in [5.74, 6) is -0.311. The molecule has 0 aromatic heterocycles. The van der Waals surface area contributed by atoms with E-state index < -0.39 is 60.5 Å². The number of nitrogens with one attached hydrogen (secondary N) is 1. The van der Waals surface area contributed by atoms with Gasteiger partial charge in [-0.05, 0) is 40.8 Å². The summed E-state index contributed by atoms with van der Waals surface area (Å²) in [6.45, 7) is -0.306. The summed E-state index contributed by atoms with van der Waals surface area (Å²) in [4.78, 5) is 12.1. The third kappa shape index (κ3) is 4.42. The first kappa shape index (κ1) is 24.6. The van der Waals surface area contributed by atoms with Crippen molar-refractivity contribution in [2.24, 2.45) is 0 Å². The number of hydrogen-bond acceptors (Lipinski definition) is 7. The van der Waals surface area contributed by atoms with E-state index in [9.17, 15) is 43.5 Å². The van der Waals surface area contributed by atoms with E-state index >= 15 is 0 Å². The smallest absolute Gasteiger partial charge is 0.394 e. The maximum atomic E-state index is 14.0. The van der Waals surface area contributed by atoms with E-state index in [4.69, 9.17) is 4.74 Å². The van der Waals surface area contributed by atoms with Crippen LogP contribution in [0.15, 0.2) is 36.4 Å². The molecule has 4 rings (SSSR count). The third-order valence-corrected chi connectivity index (χ3v) is 6.29. The van der Waals surface area contributed by atoms with Gasteiger partial charge in [-0.3, -0.25) is 4.79 Å². The van der Waals surface area contributed by atoms with Crippen LogP contribution in [0.25, 0.3) is 11.1 Å². The molecule has 3 unspecified atom stereocenters. The zero-order valence-corrected chi connectivity index (χ0v) is 17.7. The predicted molar refractivity (Wildman–Crippen MR) is 112 cm³/mol. The molecular weight excluding hydrogens is 459 g/mol. The maximum absolute atomic E-state index is 14.0. The molecule has 2 aromatic rings. The summed E-state index contributed by atoms with van der Waals surface area (Å²) in [7, 11) is 0. The number of carbonyl (C=O) groups is 1. The van der Waals surface area contributed by atoms with Crippen LogP contribution in [0.3, 0.4) is 0 Å². The highest BCUT2D eigenvalue weighted by atomic mass is 19.4. The van der Waals surface area contributed by atoms with Gasteiger partial charge in [0, 0.05) is 12.1 Å². The van der Waals surface area contributed by atoms with Crippen LogP contribution in [0.5, 0.6) is 0 Å². The second-order valence-electron chi connectivity index (χ2n) is 8.42. The van der Waals surface area contributed by atoms with Crippen molar-refractivity contribution in [1.82, 2.24) is 5.32 Å². The Balaban J connectivity index is 1.72. The van der Waals surface area contributed by atoms with E-state index in [0.29, 0.717) is 24.1 Å². The van der Waals surface area contributed by atoms with Gasteiger partial charge < -0.3 is 35.6 Å². The molecular formula is C23H24F3NO7. The molecule has 2 aliphatic heterocycles. The van der Waals surface area contributed by atoms with Crippen LogP contribution >= 0.6 is 0 Å². The van der Waals surface area contributed by atoms with Crippen molar-refractivity contribution in [2.45, 2.75) is 49.2 Å². The molecule has 0 spiro atoms. The van der Waals surface area contributed by atoms with Crippen LogP contribution in [0.1, 0.15) is 33.2 Å². The van der Waals surface area contributed by atoms with Gasteiger partial charge in [-0.2, -0.15) is 13.2 Å². The molecule has 2 aliphatic rings. The number of halogens is 3. The van der Waals surface area contributed by atoms with Crippen LogP contribution in [-0.4, -0.2) is 75.1 Å². The Hall–Kier alpha value is -2.54. The molecule has 2 aromatic carbocycles. The number of carbonyl (C=O) groups excluding carboxylic acids is 1. The molecule has 0 saturated carbocycles. The van der Waals surface area contributed by atoms with Gasteiger partial charge >= 0.3 is 6.18 Å². The van der Waals surface area contributed by atoms with Crippen LogP contribution in [-0.2, 0) is 17.3 Å². The number of benzene rings is 2. The monoisotopic (exact) mass is 483 g/mol. The quantitative estimate of drug-likeness (QED) is 0.373. The Morgan fingerprint density at radius 2 is 1.71 bits per heavy atom. The second kappa shape index (κ2) is 9.25. The molecule has 6 atom stereocenters. The van der Waals surface area contributed by atoms with Crippen molar-refractivity contribution in [1.29, 1.82) is 0 Å². The number of fused-ring (bicyclic) bond motifs is 1. The van der Waals surface area contributed by atoms with Crippen molar-refractivity contribution in [3.63, 3.8) is 0 Å². The van der Waals surface area contributed by atoms with E-state index in [1.807, 2.05) is 0 Å². The summed E-state index contributed by atoms with van der Waals surface area (Å²) in [6, 6.07) is 8.00. The first-order valence-electron chi connectivity index (χ1n) is 10.6. The molecule has 6 N–H and O–H groups in total. The van der Waals surface area contributed by atoms with Gasteiger partial charge in [0.25, 0.3) is 5.91 Å². The van der Waals surface area contributed by atoms with E-state index in [0.717, 1.165) is 17.7 Å². The van der Waals surface area contributed by atoms with Crippen LogP contribution < -0.4 is 5.32 Å². The average molecular weight is 483 g/mol. The van der Waals surface area contributed by atoms with E-state index in [1.54, 1.807) is 12.1 Å². The zero-order valence-electron chi connectivity index (χ0n) is 17.7. The first-order valence-corrected chi connectivity index (χ1v) is 10.6. The van der Waals surface area contributed by atoms with Gasteiger partial charge in [0.05, 0.1) is 12.2 Å². The molecule has 184 valence electrons. The number of aliphatic hydroxyl groups excluding tert-OH is 5. The minimum atomic E-state index is -4.90. The molecule has 1 amide bonds. The lowest BCUT2D eigenvalue weighted by molar-refractivity contribution is -0.250. The molecule has 11 heteroatoms. The van der Waals surface area contributed by atoms with Gasteiger partial charge in [0.1, 0.15) is 36.6 Å². The lowest BCUT2D eigenvalue weighted by atomic mass is 9.87. The van der Waals surface area contributed by atoms with Crippen molar-refractivity contribution >= 4 is 5.91 Å². The molecule has 0 radical (unpaired) electrons. The molecule has 1 saturated heterocycles. The topological polar surface area (TPSA) is 139 Å². The minimum Gasteiger partial charge on any atom is -0.394 e. The Morgan fingerprint density at radius 1 is 1.03 bits per heavy atom. The Bertz CT molecular complexity index is 1080. The van der Waals surface area contributed by atoms with Crippen LogP contribution in [0, 0.1) is 0 Å². The third-order valence-electron chi connectivity index (χ3n) is 6.29. The zero-order chi connectivity index (χ0) is 24.8. The summed E-state index contributed by atoms with van der Waals surface area (Å²) >= 11 is 0. The van der Waals surface area contributed by atoms with Gasteiger partial charge in [0.2, 0.25) is 0 Å². The van der Waals surface area contributed by atoms with Gasteiger partial charge in [0.15, 0.2) is 0 Å². The number of alkyl halides is 3. The van der Waals surface area contributed by atoms with Gasteiger partial charge in [-0.1, -0.05) is 24.3 Å². The van der Waals surface area contributed by atoms with Crippen molar-refractivity contribution < 1.29 is 48.2 Å². The number of ether oxygens (including phenoxy) is 1. The number of hydrogen-bond donors (Lipinski definition) is 6. The van der Waals surface area contributed by atoms with Crippen molar-refractivity contribution in [3.8, 4) is 11.1 Å². The summed E-state index contributed by atoms with van der Waals surface area (Å²) in [5.41, 5.74) is -0.123. The van der Waals surface area contributed by atoms with Crippen LogP contribution in [0.2, 0.25) is 0 Å². The van der Waals surface area contributed by atoms with Crippen molar-refractivity contribution in [2.75, 3.05) is 13.2 Å². The maximum Gasteiger partial charge on any atom is 0.416 e. The Morgan fingerprint density at radius 3 is 2.38 bits per heavy atom. The SMILES string of the molecule is O=C1NCCc2ccc(-c3ccc([C@@H](O)[C@H]4OC(CO)[C@@H](O)C(O)C4O)c(C(F)(F)F)c3)cc21. The highest BCUT2D eigenvalue weighted by Gasteiger charge is 2.48. The fourth-order valence-corrected chi connectivity index (χ4v) is 4.40. The number of rotatable bonds is 4. The number of amides is 1. The molecule has 2 heterocycles. The summed E-state index contributed by atoms with van der Waals surface area (Å²) < 4.78 is 47.2. The summed E-state index contributed by atoms with van der Waals surface area (Å²) in [5, 5.41) is 52.8. The van der Waals surface area contributed by atoms with E-state index in [-0.39, 0.29) is 11.5 Å². The normalized spacial score (nSPS) is 28.2. The lowest BCUT2D eigenvalue weighted by Crippen LogP contribution is -2.60. The summed E-state index contributed by atoms with van der Waals surface area (Å²) in [6.07, 6.45) is -14.9. The highest BCUT2D eigenvalue weighted by molar-refractivity contribution is 5.98. The minimum absolute atomic E-state index is 0.151. The molecule has 0 aliphatic carbocycles. The fraction of sp³-hybridized carbons (Fsp3) is 0.435. The Labute approximate surface area is 192 Å². The highest BCUT2D eigenvalue weighted by Crippen LogP contribution is 2.40. The molecule has 1 fully saturated rings. The number of aliphatic hydroxyl groups is 5. The lowest BCUT2D eigenvalue weighted by Gasteiger charge is -2.42. The average Bonchev–Trinajstić information content (AvgIpc) is 2.81. The Kier molecular flexibility index (Phi) is 6.69. The van der Waals surface area contributed by atoms with E-state index in [1.165, 1.54) is 12.1 Å². The standard InChI is InChI=1S/C23H24F3NO7/c24-23(25,26)15-8-12(11-2-1-10-5-6-27-22(33)14(10)7-11)3-4-13(15)17(29)21-20(32)19(31)18(30)16(9-28)34-21/h1-4,7-8,16-21,28-32H,5-6,9H2,(H,27,33)/t16?,17-,18-,19?,20?,21-/m1/s1. The largest absolute Gasteiger partial charge is 0.416 e. The first-order chi connectivity index (χ1) is 16.0. The molecule has 0 bridgehead atoms.